The second kappa shape index (κ2) is 7.18. The predicted octanol–water partition coefficient (Wildman–Crippen LogP) is 4.03. The zero-order valence-electron chi connectivity index (χ0n) is 14.3. The molecule has 0 spiro atoms. The van der Waals surface area contributed by atoms with E-state index in [1.165, 1.54) is 5.56 Å². The maximum absolute atomic E-state index is 12.4. The van der Waals surface area contributed by atoms with Crippen LogP contribution in [0.1, 0.15) is 23.6 Å². The van der Waals surface area contributed by atoms with E-state index in [1.54, 1.807) is 38.3 Å². The highest BCUT2D eigenvalue weighted by Gasteiger charge is 2.17. The minimum absolute atomic E-state index is 0.170. The topological polar surface area (TPSA) is 47.6 Å². The fraction of sp³-hybridized carbons (Fsp3) is 0.316. The number of benzene rings is 2. The van der Waals surface area contributed by atoms with Gasteiger partial charge in [-0.15, -0.1) is 0 Å². The van der Waals surface area contributed by atoms with Crippen LogP contribution in [0.25, 0.3) is 0 Å². The molecule has 1 amide bonds. The van der Waals surface area contributed by atoms with Crippen molar-refractivity contribution in [3.63, 3.8) is 0 Å². The molecule has 0 aliphatic rings. The summed E-state index contributed by atoms with van der Waals surface area (Å²) in [5, 5.41) is 2.96. The van der Waals surface area contributed by atoms with Gasteiger partial charge in [0, 0.05) is 5.69 Å². The number of ether oxygens (including phenoxy) is 2. The van der Waals surface area contributed by atoms with Crippen LogP contribution in [0.2, 0.25) is 0 Å². The fourth-order valence-corrected chi connectivity index (χ4v) is 2.51. The predicted molar refractivity (Wildman–Crippen MR) is 92.4 cm³/mol. The molecule has 2 rings (SSSR count). The maximum atomic E-state index is 12.4. The number of aryl methyl sites for hydroxylation is 3. The third-order valence-corrected chi connectivity index (χ3v) is 3.67. The normalized spacial score (nSPS) is 11.7. The average molecular weight is 313 g/mol. The Bertz CT molecular complexity index is 669. The number of rotatable bonds is 5. The Balaban J connectivity index is 2.05. The van der Waals surface area contributed by atoms with Crippen LogP contribution in [-0.2, 0) is 4.79 Å². The monoisotopic (exact) mass is 313 g/mol. The van der Waals surface area contributed by atoms with Gasteiger partial charge in [-0.05, 0) is 63.1 Å². The molecule has 2 aromatic carbocycles. The summed E-state index contributed by atoms with van der Waals surface area (Å²) in [5.74, 6) is 1.21. The quantitative estimate of drug-likeness (QED) is 0.906. The fourth-order valence-electron chi connectivity index (χ4n) is 2.51. The average Bonchev–Trinajstić information content (AvgIpc) is 2.51. The number of anilines is 1. The minimum Gasteiger partial charge on any atom is -0.497 e. The molecule has 0 unspecified atom stereocenters. The van der Waals surface area contributed by atoms with Crippen LogP contribution in [0.15, 0.2) is 36.4 Å². The van der Waals surface area contributed by atoms with Crippen LogP contribution >= 0.6 is 0 Å². The van der Waals surface area contributed by atoms with Crippen molar-refractivity contribution in [1.82, 2.24) is 0 Å². The summed E-state index contributed by atoms with van der Waals surface area (Å²) in [6.07, 6.45) is -0.594. The first-order chi connectivity index (χ1) is 10.9. The summed E-state index contributed by atoms with van der Waals surface area (Å²) in [5.41, 5.74) is 4.13. The smallest absolute Gasteiger partial charge is 0.265 e. The maximum Gasteiger partial charge on any atom is 0.265 e. The van der Waals surface area contributed by atoms with Crippen molar-refractivity contribution in [3.8, 4) is 11.5 Å². The summed E-state index contributed by atoms with van der Waals surface area (Å²) >= 11 is 0. The van der Waals surface area contributed by atoms with Gasteiger partial charge in [-0.25, -0.2) is 0 Å². The summed E-state index contributed by atoms with van der Waals surface area (Å²) < 4.78 is 10.8. The molecule has 0 radical (unpaired) electrons. The van der Waals surface area contributed by atoms with Crippen LogP contribution in [0, 0.1) is 20.8 Å². The van der Waals surface area contributed by atoms with Crippen molar-refractivity contribution in [2.75, 3.05) is 12.4 Å². The second-order valence-corrected chi connectivity index (χ2v) is 5.70. The lowest BCUT2D eigenvalue weighted by Crippen LogP contribution is -2.30. The van der Waals surface area contributed by atoms with Gasteiger partial charge in [-0.1, -0.05) is 17.7 Å². The Morgan fingerprint density at radius 1 is 1.00 bits per heavy atom. The van der Waals surface area contributed by atoms with E-state index >= 15 is 0 Å². The highest BCUT2D eigenvalue weighted by molar-refractivity contribution is 5.95. The van der Waals surface area contributed by atoms with Crippen molar-refractivity contribution < 1.29 is 14.3 Å². The third-order valence-electron chi connectivity index (χ3n) is 3.67. The van der Waals surface area contributed by atoms with Crippen molar-refractivity contribution in [2.45, 2.75) is 33.8 Å². The van der Waals surface area contributed by atoms with E-state index in [2.05, 4.69) is 17.4 Å². The van der Waals surface area contributed by atoms with Gasteiger partial charge in [0.1, 0.15) is 11.5 Å². The number of nitrogens with one attached hydrogen (secondary N) is 1. The molecule has 0 saturated carbocycles. The van der Waals surface area contributed by atoms with Gasteiger partial charge in [-0.2, -0.15) is 0 Å². The van der Waals surface area contributed by atoms with Gasteiger partial charge < -0.3 is 14.8 Å². The largest absolute Gasteiger partial charge is 0.497 e. The Morgan fingerprint density at radius 2 is 1.52 bits per heavy atom. The second-order valence-electron chi connectivity index (χ2n) is 5.70. The van der Waals surface area contributed by atoms with Crippen LogP contribution in [0.3, 0.4) is 0 Å². The Kier molecular flexibility index (Phi) is 5.27. The molecular weight excluding hydrogens is 290 g/mol. The minimum atomic E-state index is -0.594. The zero-order chi connectivity index (χ0) is 17.0. The number of hydrogen-bond acceptors (Lipinski definition) is 3. The van der Waals surface area contributed by atoms with Gasteiger partial charge in [0.15, 0.2) is 6.10 Å². The van der Waals surface area contributed by atoms with Gasteiger partial charge in [0.2, 0.25) is 0 Å². The van der Waals surface area contributed by atoms with Crippen molar-refractivity contribution in [1.29, 1.82) is 0 Å². The van der Waals surface area contributed by atoms with Crippen LogP contribution in [-0.4, -0.2) is 19.1 Å². The number of amides is 1. The Hall–Kier alpha value is -2.49. The van der Waals surface area contributed by atoms with E-state index in [0.29, 0.717) is 5.75 Å². The van der Waals surface area contributed by atoms with Crippen molar-refractivity contribution >= 4 is 11.6 Å². The first kappa shape index (κ1) is 16.9. The molecule has 0 aromatic heterocycles. The zero-order valence-corrected chi connectivity index (χ0v) is 14.3. The Labute approximate surface area is 137 Å². The first-order valence-electron chi connectivity index (χ1n) is 7.60. The number of carbonyl (C=O) groups is 1. The standard InChI is InChI=1S/C19H23NO3/c1-12-10-13(2)18(14(3)11-12)20-19(21)15(4)23-17-8-6-16(22-5)7-9-17/h6-11,15H,1-5H3,(H,20,21)/t15-/m1/s1. The van der Waals surface area contributed by atoms with E-state index in [-0.39, 0.29) is 5.91 Å². The SMILES string of the molecule is COc1ccc(O[C@H](C)C(=O)Nc2c(C)cc(C)cc2C)cc1. The summed E-state index contributed by atoms with van der Waals surface area (Å²) in [6.45, 7) is 7.76. The number of carbonyl (C=O) groups excluding carboxylic acids is 1. The van der Waals surface area contributed by atoms with E-state index in [1.807, 2.05) is 20.8 Å². The molecule has 1 N–H and O–H groups in total. The highest BCUT2D eigenvalue weighted by Crippen LogP contribution is 2.23. The van der Waals surface area contributed by atoms with E-state index in [4.69, 9.17) is 9.47 Å². The molecule has 0 aliphatic heterocycles. The molecule has 0 aliphatic carbocycles. The molecule has 0 heterocycles. The summed E-state index contributed by atoms with van der Waals surface area (Å²) in [7, 11) is 1.61. The molecule has 4 heteroatoms. The van der Waals surface area contributed by atoms with Gasteiger partial charge in [0.25, 0.3) is 5.91 Å². The van der Waals surface area contributed by atoms with Crippen LogP contribution in [0.5, 0.6) is 11.5 Å². The van der Waals surface area contributed by atoms with Crippen molar-refractivity contribution in [2.24, 2.45) is 0 Å². The lowest BCUT2D eigenvalue weighted by atomic mass is 10.0. The molecule has 4 nitrogen and oxygen atoms in total. The van der Waals surface area contributed by atoms with Gasteiger partial charge >= 0.3 is 0 Å². The lowest BCUT2D eigenvalue weighted by molar-refractivity contribution is -0.122. The van der Waals surface area contributed by atoms with E-state index in [9.17, 15) is 4.79 Å². The molecule has 23 heavy (non-hydrogen) atoms. The van der Waals surface area contributed by atoms with E-state index < -0.39 is 6.10 Å². The molecule has 0 bridgehead atoms. The van der Waals surface area contributed by atoms with E-state index in [0.717, 1.165) is 22.6 Å². The summed E-state index contributed by atoms with van der Waals surface area (Å²) in [4.78, 5) is 12.4. The first-order valence-corrected chi connectivity index (χ1v) is 7.60. The third kappa shape index (κ3) is 4.25. The highest BCUT2D eigenvalue weighted by atomic mass is 16.5. The Morgan fingerprint density at radius 3 is 2.04 bits per heavy atom. The van der Waals surface area contributed by atoms with Crippen molar-refractivity contribution in [3.05, 3.63) is 53.1 Å². The van der Waals surface area contributed by atoms with Gasteiger partial charge in [-0.3, -0.25) is 4.79 Å². The molecule has 122 valence electrons. The molecular formula is C19H23NO3. The molecule has 0 fully saturated rings. The summed E-state index contributed by atoms with van der Waals surface area (Å²) in [6, 6.07) is 11.3. The van der Waals surface area contributed by atoms with Crippen LogP contribution < -0.4 is 14.8 Å². The molecule has 1 atom stereocenters. The lowest BCUT2D eigenvalue weighted by Gasteiger charge is -2.17. The van der Waals surface area contributed by atoms with Gasteiger partial charge in [0.05, 0.1) is 7.11 Å². The number of hydrogen-bond donors (Lipinski definition) is 1. The molecule has 0 saturated heterocycles. The molecule has 2 aromatic rings. The van der Waals surface area contributed by atoms with Crippen LogP contribution in [0.4, 0.5) is 5.69 Å². The number of methoxy groups -OCH3 is 1.